The first-order valence-corrected chi connectivity index (χ1v) is 24.2. The molecule has 0 fully saturated rings. The second-order valence-corrected chi connectivity index (χ2v) is 16.1. The smallest absolute Gasteiger partial charge is 0.306 e. The number of allylic oxidation sites excluding steroid dienone is 12. The van der Waals surface area contributed by atoms with Crippen molar-refractivity contribution in [3.63, 3.8) is 0 Å². The van der Waals surface area contributed by atoms with Gasteiger partial charge in [0.2, 0.25) is 5.91 Å². The van der Waals surface area contributed by atoms with Gasteiger partial charge in [0.25, 0.3) is 0 Å². The number of aliphatic hydroxyl groups is 2. The van der Waals surface area contributed by atoms with E-state index in [0.29, 0.717) is 19.3 Å². The molecule has 0 bridgehead atoms. The van der Waals surface area contributed by atoms with E-state index in [4.69, 9.17) is 4.74 Å². The molecule has 0 rings (SSSR count). The molecule has 0 aromatic heterocycles. The second kappa shape index (κ2) is 45.4. The average molecular weight is 810 g/mol. The quantitative estimate of drug-likeness (QED) is 0.0324. The molecule has 58 heavy (non-hydrogen) atoms. The predicted octanol–water partition coefficient (Wildman–Crippen LogP) is 14.2. The SMILES string of the molecule is CC/C=C/C/C=C/C/C=C/C/C=C/C/C=C/CCC(=O)OC(CCCCC/C=C/CCCCCCCCC)CC(=O)NC(CO)C(O)CCCCCCCCCCC. The first kappa shape index (κ1) is 55.3. The number of hydrogen-bond donors (Lipinski definition) is 3. The molecule has 0 aromatic rings. The van der Waals surface area contributed by atoms with Crippen LogP contribution in [0.2, 0.25) is 0 Å². The summed E-state index contributed by atoms with van der Waals surface area (Å²) in [5, 5.41) is 23.6. The van der Waals surface area contributed by atoms with Gasteiger partial charge < -0.3 is 20.3 Å². The fraction of sp³-hybridized carbons (Fsp3) is 0.731. The molecule has 0 aromatic carbocycles. The molecular weight excluding hydrogens is 719 g/mol. The number of amides is 1. The van der Waals surface area contributed by atoms with Crippen LogP contribution in [0.3, 0.4) is 0 Å². The highest BCUT2D eigenvalue weighted by Gasteiger charge is 2.24. The molecule has 0 heterocycles. The van der Waals surface area contributed by atoms with Gasteiger partial charge in [-0.1, -0.05) is 196 Å². The van der Waals surface area contributed by atoms with Crippen molar-refractivity contribution in [2.24, 2.45) is 0 Å². The number of rotatable bonds is 42. The third-order valence-electron chi connectivity index (χ3n) is 10.5. The number of nitrogens with one attached hydrogen (secondary N) is 1. The lowest BCUT2D eigenvalue weighted by Crippen LogP contribution is -2.46. The minimum absolute atomic E-state index is 0.0347. The number of hydrogen-bond acceptors (Lipinski definition) is 5. The van der Waals surface area contributed by atoms with Gasteiger partial charge in [-0.2, -0.15) is 0 Å². The Bertz CT molecular complexity index is 1090. The third-order valence-corrected chi connectivity index (χ3v) is 10.5. The summed E-state index contributed by atoms with van der Waals surface area (Å²) in [5.41, 5.74) is 0. The Hall–Kier alpha value is -2.70. The number of ether oxygens (including phenoxy) is 1. The maximum Gasteiger partial charge on any atom is 0.306 e. The minimum Gasteiger partial charge on any atom is -0.462 e. The molecule has 3 unspecified atom stereocenters. The van der Waals surface area contributed by atoms with Crippen molar-refractivity contribution in [3.8, 4) is 0 Å². The van der Waals surface area contributed by atoms with E-state index in [-0.39, 0.29) is 31.3 Å². The summed E-state index contributed by atoms with van der Waals surface area (Å²) in [5.74, 6) is -0.593. The Morgan fingerprint density at radius 1 is 0.517 bits per heavy atom. The Morgan fingerprint density at radius 3 is 1.43 bits per heavy atom. The Morgan fingerprint density at radius 2 is 0.931 bits per heavy atom. The Balaban J connectivity index is 4.74. The molecule has 6 nitrogen and oxygen atoms in total. The molecule has 3 atom stereocenters. The van der Waals surface area contributed by atoms with Crippen molar-refractivity contribution in [2.75, 3.05) is 6.61 Å². The lowest BCUT2D eigenvalue weighted by atomic mass is 10.0. The summed E-state index contributed by atoms with van der Waals surface area (Å²) in [7, 11) is 0. The first-order valence-electron chi connectivity index (χ1n) is 24.2. The maximum atomic E-state index is 13.1. The van der Waals surface area contributed by atoms with E-state index in [1.165, 1.54) is 83.5 Å². The molecule has 0 saturated carbocycles. The fourth-order valence-corrected chi connectivity index (χ4v) is 6.88. The van der Waals surface area contributed by atoms with Gasteiger partial charge >= 0.3 is 5.97 Å². The molecule has 334 valence electrons. The first-order chi connectivity index (χ1) is 28.5. The van der Waals surface area contributed by atoms with Gasteiger partial charge in [0, 0.05) is 6.42 Å². The van der Waals surface area contributed by atoms with Crippen LogP contribution in [0.1, 0.15) is 220 Å². The normalized spacial score (nSPS) is 13.9. The zero-order chi connectivity index (χ0) is 42.4. The number of aliphatic hydroxyl groups excluding tert-OH is 2. The van der Waals surface area contributed by atoms with E-state index in [9.17, 15) is 19.8 Å². The van der Waals surface area contributed by atoms with Crippen LogP contribution in [-0.2, 0) is 14.3 Å². The minimum atomic E-state index is -0.804. The van der Waals surface area contributed by atoms with Gasteiger partial charge in [-0.3, -0.25) is 9.59 Å². The molecular formula is C52H91NO5. The van der Waals surface area contributed by atoms with Gasteiger partial charge in [0.1, 0.15) is 6.10 Å². The van der Waals surface area contributed by atoms with Crippen molar-refractivity contribution in [1.29, 1.82) is 0 Å². The van der Waals surface area contributed by atoms with Crippen molar-refractivity contribution in [3.05, 3.63) is 72.9 Å². The summed E-state index contributed by atoms with van der Waals surface area (Å²) in [6, 6.07) is -0.721. The predicted molar refractivity (Wildman–Crippen MR) is 250 cm³/mol. The topological polar surface area (TPSA) is 95.9 Å². The van der Waals surface area contributed by atoms with Crippen LogP contribution in [-0.4, -0.2) is 46.9 Å². The highest BCUT2D eigenvalue weighted by atomic mass is 16.5. The van der Waals surface area contributed by atoms with E-state index in [1.54, 1.807) is 0 Å². The summed E-state index contributed by atoms with van der Waals surface area (Å²) in [4.78, 5) is 26.0. The monoisotopic (exact) mass is 810 g/mol. The molecule has 0 aliphatic heterocycles. The van der Waals surface area contributed by atoms with E-state index >= 15 is 0 Å². The van der Waals surface area contributed by atoms with Gasteiger partial charge in [-0.05, 0) is 83.5 Å². The molecule has 0 spiro atoms. The van der Waals surface area contributed by atoms with Gasteiger partial charge in [-0.15, -0.1) is 0 Å². The summed E-state index contributed by atoms with van der Waals surface area (Å²) in [6.45, 7) is 6.31. The van der Waals surface area contributed by atoms with Crippen LogP contribution in [0, 0.1) is 0 Å². The average Bonchev–Trinajstić information content (AvgIpc) is 3.22. The number of carbonyl (C=O) groups excluding carboxylic acids is 2. The van der Waals surface area contributed by atoms with Crippen LogP contribution in [0.5, 0.6) is 0 Å². The molecule has 0 saturated heterocycles. The van der Waals surface area contributed by atoms with Crippen LogP contribution in [0.4, 0.5) is 0 Å². The van der Waals surface area contributed by atoms with E-state index < -0.39 is 18.2 Å². The molecule has 0 aliphatic carbocycles. The molecule has 1 amide bonds. The third kappa shape index (κ3) is 40.1. The van der Waals surface area contributed by atoms with Crippen LogP contribution >= 0.6 is 0 Å². The Kier molecular flexibility index (Phi) is 43.3. The van der Waals surface area contributed by atoms with Crippen LogP contribution in [0.15, 0.2) is 72.9 Å². The second-order valence-electron chi connectivity index (χ2n) is 16.1. The zero-order valence-corrected chi connectivity index (χ0v) is 37.9. The fourth-order valence-electron chi connectivity index (χ4n) is 6.88. The van der Waals surface area contributed by atoms with Gasteiger partial charge in [0.05, 0.1) is 25.2 Å². The number of esters is 1. The van der Waals surface area contributed by atoms with Crippen molar-refractivity contribution in [2.45, 2.75) is 238 Å². The molecule has 6 heteroatoms. The van der Waals surface area contributed by atoms with Crippen LogP contribution in [0.25, 0.3) is 0 Å². The van der Waals surface area contributed by atoms with E-state index in [0.717, 1.165) is 83.5 Å². The van der Waals surface area contributed by atoms with Crippen molar-refractivity contribution >= 4 is 11.9 Å². The largest absolute Gasteiger partial charge is 0.462 e. The van der Waals surface area contributed by atoms with Gasteiger partial charge in [0.15, 0.2) is 0 Å². The van der Waals surface area contributed by atoms with Gasteiger partial charge in [-0.25, -0.2) is 0 Å². The summed E-state index contributed by atoms with van der Waals surface area (Å²) in [6.07, 6.45) is 56.9. The number of carbonyl (C=O) groups is 2. The summed E-state index contributed by atoms with van der Waals surface area (Å²) < 4.78 is 5.87. The summed E-state index contributed by atoms with van der Waals surface area (Å²) >= 11 is 0. The van der Waals surface area contributed by atoms with Crippen molar-refractivity contribution in [1.82, 2.24) is 5.32 Å². The highest BCUT2D eigenvalue weighted by molar-refractivity contribution is 5.77. The lowest BCUT2D eigenvalue weighted by Gasteiger charge is -2.24. The van der Waals surface area contributed by atoms with Crippen molar-refractivity contribution < 1.29 is 24.5 Å². The molecule has 0 aliphatic rings. The highest BCUT2D eigenvalue weighted by Crippen LogP contribution is 2.16. The van der Waals surface area contributed by atoms with E-state index in [2.05, 4.69) is 92.9 Å². The van der Waals surface area contributed by atoms with E-state index in [1.807, 2.05) is 6.08 Å². The Labute approximate surface area is 358 Å². The zero-order valence-electron chi connectivity index (χ0n) is 37.9. The maximum absolute atomic E-state index is 13.1. The molecule has 3 N–H and O–H groups in total. The van der Waals surface area contributed by atoms with Crippen LogP contribution < -0.4 is 5.32 Å². The lowest BCUT2D eigenvalue weighted by molar-refractivity contribution is -0.150. The standard InChI is InChI=1S/C52H91NO5/c1-4-7-10-13-16-19-21-23-25-26-28-30-33-36-39-42-45-52(57)58-48(43-40-37-34-32-29-27-24-22-20-17-14-11-8-5-2)46-51(56)53-49(47-54)50(55)44-41-38-35-31-18-15-12-9-6-3/h7,10,16,19,23,25,27-30,36,39,48-50,54-55H,4-6,8-9,11-15,17-18,20-22,24,26,31-35,37-38,40-47H2,1-3H3,(H,53,56)/b10-7+,19-16+,25-23+,29-27+,30-28+,39-36+. The number of unbranched alkanes of at least 4 members (excludes halogenated alkanes) is 18. The molecule has 0 radical (unpaired) electrons.